The van der Waals surface area contributed by atoms with Crippen molar-refractivity contribution in [1.82, 2.24) is 9.97 Å². The molecule has 0 bridgehead atoms. The van der Waals surface area contributed by atoms with Crippen LogP contribution >= 0.6 is 15.9 Å². The Kier molecular flexibility index (Phi) is 3.28. The Hall–Kier alpha value is -1.62. The number of benzene rings is 1. The van der Waals surface area contributed by atoms with Gasteiger partial charge in [0.05, 0.1) is 6.07 Å². The van der Waals surface area contributed by atoms with Crippen LogP contribution in [0.4, 0.5) is 0 Å². The molecule has 2 rings (SSSR count). The van der Waals surface area contributed by atoms with Crippen LogP contribution in [0.1, 0.15) is 11.4 Å². The van der Waals surface area contributed by atoms with Crippen LogP contribution in [0.15, 0.2) is 33.5 Å². The van der Waals surface area contributed by atoms with Crippen LogP contribution < -0.4 is 10.3 Å². The highest BCUT2D eigenvalue weighted by Gasteiger charge is 2.04. The van der Waals surface area contributed by atoms with Crippen LogP contribution in [-0.2, 0) is 0 Å². The van der Waals surface area contributed by atoms with Gasteiger partial charge in [0.1, 0.15) is 11.6 Å². The zero-order valence-electron chi connectivity index (χ0n) is 9.45. The minimum absolute atomic E-state index is 0.222. The number of hydrogen-bond acceptors (Lipinski definition) is 3. The quantitative estimate of drug-likeness (QED) is 0.926. The summed E-state index contributed by atoms with van der Waals surface area (Å²) in [6.07, 6.45) is 0. The molecule has 5 heteroatoms. The first-order valence-electron chi connectivity index (χ1n) is 5.06. The molecule has 0 aliphatic carbocycles. The van der Waals surface area contributed by atoms with E-state index in [1.54, 1.807) is 6.92 Å². The molecule has 4 nitrogen and oxygen atoms in total. The van der Waals surface area contributed by atoms with Crippen LogP contribution in [0, 0.1) is 13.8 Å². The van der Waals surface area contributed by atoms with Gasteiger partial charge in [0.15, 0.2) is 0 Å². The fraction of sp³-hybridized carbons (Fsp3) is 0.167. The molecule has 1 heterocycles. The van der Waals surface area contributed by atoms with E-state index >= 15 is 0 Å². The zero-order chi connectivity index (χ0) is 12.4. The maximum absolute atomic E-state index is 11.3. The lowest BCUT2D eigenvalue weighted by Crippen LogP contribution is -2.08. The Balaban J connectivity index is 2.37. The SMILES string of the molecule is Cc1nc(Oc2cc(Br)ccc2C)cc(=O)[nH]1. The Morgan fingerprint density at radius 2 is 2.06 bits per heavy atom. The summed E-state index contributed by atoms with van der Waals surface area (Å²) in [5.41, 5.74) is 0.757. The molecule has 0 fully saturated rings. The van der Waals surface area contributed by atoms with Crippen LogP contribution in [0.3, 0.4) is 0 Å². The number of aromatic amines is 1. The number of aryl methyl sites for hydroxylation is 2. The Morgan fingerprint density at radius 3 is 2.76 bits per heavy atom. The van der Waals surface area contributed by atoms with E-state index in [1.807, 2.05) is 25.1 Å². The average Bonchev–Trinajstić information content (AvgIpc) is 2.22. The summed E-state index contributed by atoms with van der Waals surface area (Å²) in [5, 5.41) is 0. The lowest BCUT2D eigenvalue weighted by atomic mass is 10.2. The fourth-order valence-corrected chi connectivity index (χ4v) is 1.74. The molecule has 0 saturated carbocycles. The molecule has 0 aliphatic heterocycles. The van der Waals surface area contributed by atoms with Gasteiger partial charge in [0.2, 0.25) is 5.88 Å². The summed E-state index contributed by atoms with van der Waals surface area (Å²) in [6.45, 7) is 3.64. The molecule has 0 radical (unpaired) electrons. The lowest BCUT2D eigenvalue weighted by molar-refractivity contribution is 0.455. The number of nitrogens with one attached hydrogen (secondary N) is 1. The Morgan fingerprint density at radius 1 is 1.29 bits per heavy atom. The first kappa shape index (κ1) is 11.9. The molecule has 0 unspecified atom stereocenters. The molecule has 1 aromatic carbocycles. The number of nitrogens with zero attached hydrogens (tertiary/aromatic N) is 1. The van der Waals surface area contributed by atoms with Gasteiger partial charge in [-0.2, -0.15) is 0 Å². The molecule has 17 heavy (non-hydrogen) atoms. The smallest absolute Gasteiger partial charge is 0.254 e. The number of halogens is 1. The first-order chi connectivity index (χ1) is 8.04. The van der Waals surface area contributed by atoms with E-state index in [-0.39, 0.29) is 5.56 Å². The summed E-state index contributed by atoms with van der Waals surface area (Å²) >= 11 is 3.37. The molecule has 0 spiro atoms. The molecule has 0 atom stereocenters. The normalized spacial score (nSPS) is 10.3. The topological polar surface area (TPSA) is 55.0 Å². The number of aromatic nitrogens is 2. The molecular formula is C12H11BrN2O2. The zero-order valence-corrected chi connectivity index (χ0v) is 11.0. The number of rotatable bonds is 2. The molecule has 1 N–H and O–H groups in total. The van der Waals surface area contributed by atoms with Crippen molar-refractivity contribution in [2.45, 2.75) is 13.8 Å². The second kappa shape index (κ2) is 4.71. The molecule has 2 aromatic rings. The van der Waals surface area contributed by atoms with E-state index in [1.165, 1.54) is 6.07 Å². The van der Waals surface area contributed by atoms with Crippen LogP contribution in [0.25, 0.3) is 0 Å². The van der Waals surface area contributed by atoms with Gasteiger partial charge in [-0.15, -0.1) is 0 Å². The third-order valence-electron chi connectivity index (χ3n) is 2.20. The van der Waals surface area contributed by atoms with Gasteiger partial charge in [-0.3, -0.25) is 4.79 Å². The minimum atomic E-state index is -0.222. The highest BCUT2D eigenvalue weighted by atomic mass is 79.9. The van der Waals surface area contributed by atoms with Gasteiger partial charge in [-0.25, -0.2) is 4.98 Å². The van der Waals surface area contributed by atoms with Crippen molar-refractivity contribution in [3.05, 3.63) is 50.5 Å². The third kappa shape index (κ3) is 2.94. The minimum Gasteiger partial charge on any atom is -0.438 e. The predicted octanol–water partition coefficient (Wildman–Crippen LogP) is 2.94. The lowest BCUT2D eigenvalue weighted by Gasteiger charge is -2.08. The highest BCUT2D eigenvalue weighted by Crippen LogP contribution is 2.26. The molecule has 1 aromatic heterocycles. The predicted molar refractivity (Wildman–Crippen MR) is 68.5 cm³/mol. The first-order valence-corrected chi connectivity index (χ1v) is 5.86. The molecule has 88 valence electrons. The maximum atomic E-state index is 11.3. The van der Waals surface area contributed by atoms with Crippen molar-refractivity contribution >= 4 is 15.9 Å². The van der Waals surface area contributed by atoms with Crippen molar-refractivity contribution in [2.75, 3.05) is 0 Å². The van der Waals surface area contributed by atoms with E-state index in [4.69, 9.17) is 4.74 Å². The Bertz CT molecular complexity index is 608. The monoisotopic (exact) mass is 294 g/mol. The summed E-state index contributed by atoms with van der Waals surface area (Å²) in [5.74, 6) is 1.50. The summed E-state index contributed by atoms with van der Waals surface area (Å²) in [6, 6.07) is 7.03. The summed E-state index contributed by atoms with van der Waals surface area (Å²) in [7, 11) is 0. The van der Waals surface area contributed by atoms with Gasteiger partial charge in [0.25, 0.3) is 5.56 Å². The van der Waals surface area contributed by atoms with Crippen LogP contribution in [-0.4, -0.2) is 9.97 Å². The third-order valence-corrected chi connectivity index (χ3v) is 2.69. The maximum Gasteiger partial charge on any atom is 0.254 e. The summed E-state index contributed by atoms with van der Waals surface area (Å²) in [4.78, 5) is 17.9. The number of ether oxygens (including phenoxy) is 1. The van der Waals surface area contributed by atoms with Crippen LogP contribution in [0.2, 0.25) is 0 Å². The van der Waals surface area contributed by atoms with E-state index in [0.29, 0.717) is 17.5 Å². The molecule has 0 amide bonds. The van der Waals surface area contributed by atoms with E-state index in [0.717, 1.165) is 10.0 Å². The van der Waals surface area contributed by atoms with Gasteiger partial charge in [0, 0.05) is 4.47 Å². The summed E-state index contributed by atoms with van der Waals surface area (Å²) < 4.78 is 6.51. The van der Waals surface area contributed by atoms with Crippen molar-refractivity contribution < 1.29 is 4.74 Å². The van der Waals surface area contributed by atoms with Crippen molar-refractivity contribution in [3.8, 4) is 11.6 Å². The molecule has 0 saturated heterocycles. The van der Waals surface area contributed by atoms with Gasteiger partial charge < -0.3 is 9.72 Å². The standard InChI is InChI=1S/C12H11BrN2O2/c1-7-3-4-9(13)5-10(7)17-12-6-11(16)14-8(2)15-12/h3-6H,1-2H3,(H,14,15,16). The highest BCUT2D eigenvalue weighted by molar-refractivity contribution is 9.10. The van der Waals surface area contributed by atoms with Gasteiger partial charge in [-0.1, -0.05) is 22.0 Å². The number of H-pyrrole nitrogens is 1. The van der Waals surface area contributed by atoms with Gasteiger partial charge >= 0.3 is 0 Å². The average molecular weight is 295 g/mol. The second-order valence-electron chi connectivity index (χ2n) is 3.68. The van der Waals surface area contributed by atoms with E-state index in [2.05, 4.69) is 25.9 Å². The Labute approximate surface area is 107 Å². The van der Waals surface area contributed by atoms with Crippen molar-refractivity contribution in [1.29, 1.82) is 0 Å². The molecule has 0 aliphatic rings. The largest absolute Gasteiger partial charge is 0.438 e. The molecular weight excluding hydrogens is 284 g/mol. The fourth-order valence-electron chi connectivity index (χ4n) is 1.40. The number of hydrogen-bond donors (Lipinski definition) is 1. The van der Waals surface area contributed by atoms with Crippen molar-refractivity contribution in [2.24, 2.45) is 0 Å². The second-order valence-corrected chi connectivity index (χ2v) is 4.60. The van der Waals surface area contributed by atoms with E-state index in [9.17, 15) is 4.79 Å². The van der Waals surface area contributed by atoms with Gasteiger partial charge in [-0.05, 0) is 31.5 Å². The van der Waals surface area contributed by atoms with E-state index < -0.39 is 0 Å². The van der Waals surface area contributed by atoms with Crippen LogP contribution in [0.5, 0.6) is 11.6 Å². The van der Waals surface area contributed by atoms with Crippen molar-refractivity contribution in [3.63, 3.8) is 0 Å².